The monoisotopic (exact) mass is 326 g/mol. The molecule has 2 N–H and O–H groups in total. The maximum atomic E-state index is 12.8. The summed E-state index contributed by atoms with van der Waals surface area (Å²) in [5.74, 6) is 0.359. The molecule has 2 aromatic rings. The average Bonchev–Trinajstić information content (AvgIpc) is 3.13. The number of aromatic nitrogens is 3. The summed E-state index contributed by atoms with van der Waals surface area (Å²) >= 11 is 0. The van der Waals surface area contributed by atoms with E-state index in [-0.39, 0.29) is 11.9 Å². The maximum Gasteiger partial charge on any atom is 0.232 e. The molecule has 0 radical (unpaired) electrons. The Hall–Kier alpha value is -2.21. The largest absolute Gasteiger partial charge is 0.391 e. The lowest BCUT2D eigenvalue weighted by molar-refractivity contribution is -0.125. The number of nitrogens with one attached hydrogen (secondary N) is 1. The van der Waals surface area contributed by atoms with Gasteiger partial charge in [-0.25, -0.2) is 4.98 Å². The van der Waals surface area contributed by atoms with Gasteiger partial charge in [0.2, 0.25) is 5.91 Å². The molecule has 0 aliphatic heterocycles. The Balaban J connectivity index is 1.39. The van der Waals surface area contributed by atoms with Gasteiger partial charge in [-0.3, -0.25) is 9.78 Å². The first kappa shape index (κ1) is 15.3. The van der Waals surface area contributed by atoms with Gasteiger partial charge < -0.3 is 15.0 Å². The van der Waals surface area contributed by atoms with Crippen LogP contribution in [-0.4, -0.2) is 37.7 Å². The number of carbonyl (C=O) groups excluding carboxylic acids is 1. The summed E-state index contributed by atoms with van der Waals surface area (Å²) in [6, 6.07) is 5.52. The third kappa shape index (κ3) is 2.82. The Morgan fingerprint density at radius 2 is 2.21 bits per heavy atom. The van der Waals surface area contributed by atoms with E-state index in [4.69, 9.17) is 0 Å². The zero-order valence-electron chi connectivity index (χ0n) is 13.5. The van der Waals surface area contributed by atoms with Gasteiger partial charge in [0.15, 0.2) is 0 Å². The molecule has 0 aromatic carbocycles. The first-order valence-corrected chi connectivity index (χ1v) is 8.54. The van der Waals surface area contributed by atoms with E-state index in [1.165, 1.54) is 0 Å². The lowest BCUT2D eigenvalue weighted by atomic mass is 9.99. The van der Waals surface area contributed by atoms with Crippen LogP contribution in [0.4, 0.5) is 0 Å². The molecule has 4 rings (SSSR count). The molecule has 6 heteroatoms. The second-order valence-corrected chi connectivity index (χ2v) is 7.04. The van der Waals surface area contributed by atoms with Crippen LogP contribution < -0.4 is 5.32 Å². The quantitative estimate of drug-likeness (QED) is 0.867. The maximum absolute atomic E-state index is 12.8. The lowest BCUT2D eigenvalue weighted by Gasteiger charge is -2.21. The van der Waals surface area contributed by atoms with Gasteiger partial charge in [0, 0.05) is 25.1 Å². The minimum absolute atomic E-state index is 0.00790. The van der Waals surface area contributed by atoms with Gasteiger partial charge in [0.1, 0.15) is 0 Å². The summed E-state index contributed by atoms with van der Waals surface area (Å²) in [7, 11) is 0. The summed E-state index contributed by atoms with van der Waals surface area (Å²) in [6.45, 7) is 0.828. The van der Waals surface area contributed by atoms with E-state index < -0.39 is 11.5 Å². The van der Waals surface area contributed by atoms with Crippen molar-refractivity contribution < 1.29 is 9.90 Å². The number of aliphatic hydroxyl groups excluding tert-OH is 1. The van der Waals surface area contributed by atoms with Crippen molar-refractivity contribution in [3.05, 3.63) is 48.8 Å². The number of imidazole rings is 1. The Labute approximate surface area is 140 Å². The molecule has 3 atom stereocenters. The van der Waals surface area contributed by atoms with Gasteiger partial charge in [0.25, 0.3) is 0 Å². The highest BCUT2D eigenvalue weighted by Crippen LogP contribution is 2.47. The molecule has 2 fully saturated rings. The van der Waals surface area contributed by atoms with Gasteiger partial charge in [-0.05, 0) is 43.7 Å². The van der Waals surface area contributed by atoms with E-state index in [9.17, 15) is 9.90 Å². The van der Waals surface area contributed by atoms with Crippen LogP contribution in [0.25, 0.3) is 0 Å². The third-order valence-corrected chi connectivity index (χ3v) is 5.31. The van der Waals surface area contributed by atoms with Crippen LogP contribution in [-0.2, 0) is 16.8 Å². The number of pyridine rings is 1. The number of nitrogens with zero attached hydrogens (tertiary/aromatic N) is 3. The van der Waals surface area contributed by atoms with Crippen LogP contribution in [0.5, 0.6) is 0 Å². The number of carbonyl (C=O) groups is 1. The van der Waals surface area contributed by atoms with Crippen molar-refractivity contribution in [1.82, 2.24) is 19.9 Å². The van der Waals surface area contributed by atoms with Crippen LogP contribution in [0, 0.1) is 5.92 Å². The fourth-order valence-corrected chi connectivity index (χ4v) is 3.79. The summed E-state index contributed by atoms with van der Waals surface area (Å²) in [6.07, 6.45) is 9.89. The van der Waals surface area contributed by atoms with Crippen molar-refractivity contribution in [2.45, 2.75) is 49.8 Å². The Morgan fingerprint density at radius 3 is 2.88 bits per heavy atom. The molecule has 1 amide bonds. The molecule has 0 spiro atoms. The molecule has 24 heavy (non-hydrogen) atoms. The highest BCUT2D eigenvalue weighted by molar-refractivity contribution is 5.91. The second kappa shape index (κ2) is 6.02. The van der Waals surface area contributed by atoms with Crippen molar-refractivity contribution in [3.63, 3.8) is 0 Å². The molecule has 2 heterocycles. The Bertz CT molecular complexity index is 697. The van der Waals surface area contributed by atoms with E-state index in [0.717, 1.165) is 31.5 Å². The summed E-state index contributed by atoms with van der Waals surface area (Å²) in [4.78, 5) is 21.2. The molecular weight excluding hydrogens is 304 g/mol. The predicted molar refractivity (Wildman–Crippen MR) is 88.0 cm³/mol. The molecule has 1 unspecified atom stereocenters. The van der Waals surface area contributed by atoms with Crippen molar-refractivity contribution in [3.8, 4) is 0 Å². The number of hydrogen-bond acceptors (Lipinski definition) is 4. The van der Waals surface area contributed by atoms with E-state index in [2.05, 4.69) is 15.3 Å². The van der Waals surface area contributed by atoms with Crippen LogP contribution in [0.1, 0.15) is 31.4 Å². The highest BCUT2D eigenvalue weighted by atomic mass is 16.3. The first-order chi connectivity index (χ1) is 11.7. The smallest absolute Gasteiger partial charge is 0.232 e. The fourth-order valence-electron chi connectivity index (χ4n) is 3.79. The number of rotatable bonds is 5. The molecular formula is C18H22N4O2. The Morgan fingerprint density at radius 1 is 1.33 bits per heavy atom. The molecule has 126 valence electrons. The average molecular weight is 326 g/mol. The van der Waals surface area contributed by atoms with Gasteiger partial charge in [-0.1, -0.05) is 6.07 Å². The number of hydrogen-bond donors (Lipinski definition) is 2. The van der Waals surface area contributed by atoms with Crippen LogP contribution in [0.3, 0.4) is 0 Å². The standard InChI is InChI=1S/C18H22N4O2/c23-15-10-13(11-22-8-7-19-12-22)9-14(15)21-17(24)18(4-5-18)16-3-1-2-6-20-16/h1-3,6-8,12-15,23H,4-5,9-11H2,(H,21,24)/t13?,14-,15-/m1/s1. The molecule has 2 aliphatic rings. The molecule has 2 aliphatic carbocycles. The minimum Gasteiger partial charge on any atom is -0.391 e. The topological polar surface area (TPSA) is 80.0 Å². The highest BCUT2D eigenvalue weighted by Gasteiger charge is 2.53. The van der Waals surface area contributed by atoms with Crippen molar-refractivity contribution >= 4 is 5.91 Å². The van der Waals surface area contributed by atoms with E-state index in [0.29, 0.717) is 12.3 Å². The van der Waals surface area contributed by atoms with Gasteiger partial charge >= 0.3 is 0 Å². The summed E-state index contributed by atoms with van der Waals surface area (Å²) in [5.41, 5.74) is 0.355. The summed E-state index contributed by atoms with van der Waals surface area (Å²) < 4.78 is 2.03. The second-order valence-electron chi connectivity index (χ2n) is 7.04. The van der Waals surface area contributed by atoms with E-state index >= 15 is 0 Å². The zero-order valence-corrected chi connectivity index (χ0v) is 13.5. The molecule has 2 saturated carbocycles. The van der Waals surface area contributed by atoms with Crippen LogP contribution >= 0.6 is 0 Å². The normalized spacial score (nSPS) is 27.8. The molecule has 6 nitrogen and oxygen atoms in total. The molecule has 0 saturated heterocycles. The van der Waals surface area contributed by atoms with Crippen molar-refractivity contribution in [1.29, 1.82) is 0 Å². The SMILES string of the molecule is O=C(N[C@@H]1CC(Cn2ccnc2)C[C@H]1O)C1(c2ccccn2)CC1. The van der Waals surface area contributed by atoms with E-state index in [1.54, 1.807) is 18.7 Å². The van der Waals surface area contributed by atoms with E-state index in [1.807, 2.05) is 29.0 Å². The van der Waals surface area contributed by atoms with Gasteiger partial charge in [-0.2, -0.15) is 0 Å². The zero-order chi connectivity index (χ0) is 16.6. The predicted octanol–water partition coefficient (Wildman–Crippen LogP) is 1.27. The fraction of sp³-hybridized carbons (Fsp3) is 0.500. The molecule has 0 bridgehead atoms. The lowest BCUT2D eigenvalue weighted by Crippen LogP contribution is -2.45. The molecule has 2 aromatic heterocycles. The number of amides is 1. The first-order valence-electron chi connectivity index (χ1n) is 8.54. The number of aliphatic hydroxyl groups is 1. The summed E-state index contributed by atoms with van der Waals surface area (Å²) in [5, 5.41) is 13.4. The Kier molecular flexibility index (Phi) is 3.84. The minimum atomic E-state index is -0.484. The van der Waals surface area contributed by atoms with Crippen LogP contribution in [0.15, 0.2) is 43.1 Å². The third-order valence-electron chi connectivity index (χ3n) is 5.31. The van der Waals surface area contributed by atoms with Crippen molar-refractivity contribution in [2.75, 3.05) is 0 Å². The van der Waals surface area contributed by atoms with Gasteiger partial charge in [0.05, 0.1) is 29.6 Å². The van der Waals surface area contributed by atoms with Crippen LogP contribution in [0.2, 0.25) is 0 Å². The van der Waals surface area contributed by atoms with Gasteiger partial charge in [-0.15, -0.1) is 0 Å². The van der Waals surface area contributed by atoms with Crippen molar-refractivity contribution in [2.24, 2.45) is 5.92 Å².